The molecule has 0 aliphatic heterocycles. The summed E-state index contributed by atoms with van der Waals surface area (Å²) in [5.41, 5.74) is 5.72. The molecule has 0 atom stereocenters. The van der Waals surface area contributed by atoms with Gasteiger partial charge in [-0.15, -0.1) is 0 Å². The summed E-state index contributed by atoms with van der Waals surface area (Å²) in [6, 6.07) is 2.94. The summed E-state index contributed by atoms with van der Waals surface area (Å²) < 4.78 is 40.3. The quantitative estimate of drug-likeness (QED) is 0.615. The molecule has 1 aromatic heterocycles. The monoisotopic (exact) mass is 233 g/mol. The van der Waals surface area contributed by atoms with Gasteiger partial charge in [-0.05, 0) is 19.1 Å². The molecule has 1 rings (SSSR count). The van der Waals surface area contributed by atoms with E-state index in [1.54, 1.807) is 6.92 Å². The van der Waals surface area contributed by atoms with Crippen LogP contribution in [0.1, 0.15) is 11.3 Å². The third-order valence-electron chi connectivity index (χ3n) is 1.66. The highest BCUT2D eigenvalue weighted by Crippen LogP contribution is 2.20. The number of nitrogens with one attached hydrogen (secondary N) is 1. The first-order chi connectivity index (χ1) is 7.29. The van der Waals surface area contributed by atoms with E-state index in [2.05, 4.69) is 9.72 Å². The van der Waals surface area contributed by atoms with Gasteiger partial charge < -0.3 is 10.5 Å². The topological polar surface area (TPSA) is 72.0 Å². The summed E-state index contributed by atoms with van der Waals surface area (Å²) in [5.74, 6) is -0.658. The Hall–Kier alpha value is -1.79. The van der Waals surface area contributed by atoms with Gasteiger partial charge in [0.25, 0.3) is 0 Å². The molecule has 88 valence electrons. The number of amidine groups is 1. The number of nitrogens with zero attached hydrogens (tertiary/aromatic N) is 1. The first-order valence-electron chi connectivity index (χ1n) is 4.31. The molecule has 0 radical (unpaired) electrons. The summed E-state index contributed by atoms with van der Waals surface area (Å²) in [5, 5.41) is 7.16. The zero-order valence-corrected chi connectivity index (χ0v) is 8.43. The van der Waals surface area contributed by atoms with Crippen molar-refractivity contribution < 1.29 is 17.9 Å². The Bertz CT molecular complexity index is 403. The van der Waals surface area contributed by atoms with Crippen LogP contribution >= 0.6 is 0 Å². The van der Waals surface area contributed by atoms with Crippen LogP contribution in [0.2, 0.25) is 0 Å². The van der Waals surface area contributed by atoms with Gasteiger partial charge in [0, 0.05) is 5.69 Å². The molecular weight excluding hydrogens is 223 g/mol. The van der Waals surface area contributed by atoms with Crippen molar-refractivity contribution in [1.82, 2.24) is 4.98 Å². The molecule has 4 nitrogen and oxygen atoms in total. The van der Waals surface area contributed by atoms with Gasteiger partial charge in [0.05, 0.1) is 5.56 Å². The van der Waals surface area contributed by atoms with Crippen molar-refractivity contribution in [2.75, 3.05) is 6.61 Å². The highest BCUT2D eigenvalue weighted by atomic mass is 19.4. The molecular formula is C9H10F3N3O. The number of alkyl halides is 3. The van der Waals surface area contributed by atoms with Crippen LogP contribution in [0.3, 0.4) is 0 Å². The molecule has 0 aliphatic rings. The van der Waals surface area contributed by atoms with Crippen molar-refractivity contribution in [3.8, 4) is 5.88 Å². The standard InChI is InChI=1S/C9H10F3N3O/c1-5-2-3-6(7(13)14)8(15-5)16-4-9(10,11)12/h2-3H,4H2,1H3,(H3,13,14). The molecule has 7 heteroatoms. The molecule has 3 N–H and O–H groups in total. The fourth-order valence-electron chi connectivity index (χ4n) is 0.998. The lowest BCUT2D eigenvalue weighted by atomic mass is 10.2. The number of halogens is 3. The summed E-state index contributed by atoms with van der Waals surface area (Å²) in [7, 11) is 0. The lowest BCUT2D eigenvalue weighted by molar-refractivity contribution is -0.154. The van der Waals surface area contributed by atoms with Gasteiger partial charge >= 0.3 is 6.18 Å². The number of rotatable bonds is 3. The van der Waals surface area contributed by atoms with Gasteiger partial charge in [-0.1, -0.05) is 0 Å². The van der Waals surface area contributed by atoms with Crippen LogP contribution in [-0.4, -0.2) is 23.6 Å². The number of nitrogens with two attached hydrogens (primary N) is 1. The number of pyridine rings is 1. The second kappa shape index (κ2) is 4.38. The molecule has 0 saturated carbocycles. The van der Waals surface area contributed by atoms with Crippen LogP contribution in [0.25, 0.3) is 0 Å². The third kappa shape index (κ3) is 3.41. The highest BCUT2D eigenvalue weighted by molar-refractivity contribution is 5.97. The normalized spacial score (nSPS) is 11.2. The van der Waals surface area contributed by atoms with Gasteiger partial charge in [0.1, 0.15) is 5.84 Å². The minimum Gasteiger partial charge on any atom is -0.467 e. The van der Waals surface area contributed by atoms with Crippen molar-refractivity contribution in [2.24, 2.45) is 5.73 Å². The molecule has 1 heterocycles. The molecule has 0 unspecified atom stereocenters. The Morgan fingerprint density at radius 2 is 2.12 bits per heavy atom. The predicted molar refractivity (Wildman–Crippen MR) is 51.5 cm³/mol. The summed E-state index contributed by atoms with van der Waals surface area (Å²) in [6.07, 6.45) is -4.44. The van der Waals surface area contributed by atoms with Crippen LogP contribution in [-0.2, 0) is 0 Å². The molecule has 0 aromatic carbocycles. The van der Waals surface area contributed by atoms with Gasteiger partial charge in [-0.25, -0.2) is 4.98 Å². The molecule has 0 spiro atoms. The number of hydrogen-bond acceptors (Lipinski definition) is 3. The minimum absolute atomic E-state index is 0.0508. The minimum atomic E-state index is -4.44. The summed E-state index contributed by atoms with van der Waals surface area (Å²) >= 11 is 0. The van der Waals surface area contributed by atoms with Crippen molar-refractivity contribution in [3.63, 3.8) is 0 Å². The number of aromatic nitrogens is 1. The molecule has 0 bridgehead atoms. The summed E-state index contributed by atoms with van der Waals surface area (Å²) in [4.78, 5) is 3.75. The molecule has 16 heavy (non-hydrogen) atoms. The van der Waals surface area contributed by atoms with Gasteiger partial charge in [0.15, 0.2) is 6.61 Å². The molecule has 0 fully saturated rings. The average Bonchev–Trinajstić information content (AvgIpc) is 2.13. The Morgan fingerprint density at radius 3 is 2.62 bits per heavy atom. The van der Waals surface area contributed by atoms with Crippen LogP contribution in [0.15, 0.2) is 12.1 Å². The number of hydrogen-bond donors (Lipinski definition) is 2. The van der Waals surface area contributed by atoms with Gasteiger partial charge in [0.2, 0.25) is 5.88 Å². The number of aryl methyl sites for hydroxylation is 1. The molecule has 0 saturated heterocycles. The first kappa shape index (κ1) is 12.3. The Morgan fingerprint density at radius 1 is 1.50 bits per heavy atom. The Labute approximate surface area is 89.7 Å². The van der Waals surface area contributed by atoms with E-state index in [-0.39, 0.29) is 17.3 Å². The maximum Gasteiger partial charge on any atom is 0.422 e. The molecule has 0 amide bonds. The zero-order valence-electron chi connectivity index (χ0n) is 8.43. The van der Waals surface area contributed by atoms with E-state index in [1.165, 1.54) is 12.1 Å². The number of ether oxygens (including phenoxy) is 1. The maximum absolute atomic E-state index is 11.9. The fourth-order valence-corrected chi connectivity index (χ4v) is 0.998. The van der Waals surface area contributed by atoms with E-state index in [0.717, 1.165) is 0 Å². The van der Waals surface area contributed by atoms with Crippen molar-refractivity contribution in [1.29, 1.82) is 5.41 Å². The zero-order chi connectivity index (χ0) is 12.3. The Kier molecular flexibility index (Phi) is 3.36. The average molecular weight is 233 g/mol. The predicted octanol–water partition coefficient (Wildman–Crippen LogP) is 1.62. The second-order valence-corrected chi connectivity index (χ2v) is 3.12. The fraction of sp³-hybridized carbons (Fsp3) is 0.333. The van der Waals surface area contributed by atoms with Crippen LogP contribution in [0.4, 0.5) is 13.2 Å². The van der Waals surface area contributed by atoms with E-state index in [0.29, 0.717) is 5.69 Å². The smallest absolute Gasteiger partial charge is 0.422 e. The lowest BCUT2D eigenvalue weighted by Crippen LogP contribution is -2.22. The molecule has 1 aromatic rings. The highest BCUT2D eigenvalue weighted by Gasteiger charge is 2.29. The van der Waals surface area contributed by atoms with Crippen LogP contribution in [0.5, 0.6) is 5.88 Å². The SMILES string of the molecule is Cc1ccc(C(=N)N)c(OCC(F)(F)F)n1. The maximum atomic E-state index is 11.9. The van der Waals surface area contributed by atoms with Crippen LogP contribution in [0, 0.1) is 12.3 Å². The molecule has 0 aliphatic carbocycles. The van der Waals surface area contributed by atoms with Crippen molar-refractivity contribution in [3.05, 3.63) is 23.4 Å². The third-order valence-corrected chi connectivity index (χ3v) is 1.66. The Balaban J connectivity index is 2.93. The first-order valence-corrected chi connectivity index (χ1v) is 4.31. The van der Waals surface area contributed by atoms with E-state index >= 15 is 0 Å². The largest absolute Gasteiger partial charge is 0.467 e. The number of nitrogen functional groups attached to an aromatic ring is 1. The van der Waals surface area contributed by atoms with E-state index in [9.17, 15) is 13.2 Å². The summed E-state index contributed by atoms with van der Waals surface area (Å²) in [6.45, 7) is 0.147. The van der Waals surface area contributed by atoms with E-state index in [1.807, 2.05) is 0 Å². The second-order valence-electron chi connectivity index (χ2n) is 3.12. The van der Waals surface area contributed by atoms with Crippen LogP contribution < -0.4 is 10.5 Å². The van der Waals surface area contributed by atoms with Crippen molar-refractivity contribution in [2.45, 2.75) is 13.1 Å². The lowest BCUT2D eigenvalue weighted by Gasteiger charge is -2.11. The van der Waals surface area contributed by atoms with Gasteiger partial charge in [-0.2, -0.15) is 13.2 Å². The van der Waals surface area contributed by atoms with E-state index in [4.69, 9.17) is 11.1 Å². The van der Waals surface area contributed by atoms with E-state index < -0.39 is 12.8 Å². The van der Waals surface area contributed by atoms with Crippen molar-refractivity contribution >= 4 is 5.84 Å². The van der Waals surface area contributed by atoms with Gasteiger partial charge in [-0.3, -0.25) is 5.41 Å².